The molecule has 0 bridgehead atoms. The Labute approximate surface area is 197 Å². The molecule has 6 nitrogen and oxygen atoms in total. The first-order valence-electron chi connectivity index (χ1n) is 10.7. The Balaban J connectivity index is 1.43. The van der Waals surface area contributed by atoms with Gasteiger partial charge in [-0.3, -0.25) is 14.4 Å². The van der Waals surface area contributed by atoms with Gasteiger partial charge in [-0.25, -0.2) is 0 Å². The number of amides is 3. The van der Waals surface area contributed by atoms with Crippen LogP contribution >= 0.6 is 11.6 Å². The fourth-order valence-electron chi connectivity index (χ4n) is 3.88. The largest absolute Gasteiger partial charge is 0.348 e. The zero-order chi connectivity index (χ0) is 23.4. The third kappa shape index (κ3) is 5.23. The van der Waals surface area contributed by atoms with Crippen LogP contribution in [-0.4, -0.2) is 24.3 Å². The molecule has 7 heteroatoms. The Kier molecular flexibility index (Phi) is 6.75. The number of rotatable bonds is 6. The molecular formula is C26H24ClN3O3. The van der Waals surface area contributed by atoms with Crippen LogP contribution in [-0.2, 0) is 16.1 Å². The number of carbonyl (C=O) groups is 3. The molecule has 168 valence electrons. The predicted octanol–water partition coefficient (Wildman–Crippen LogP) is 4.57. The Morgan fingerprint density at radius 1 is 1.03 bits per heavy atom. The molecule has 0 unspecified atom stereocenters. The molecule has 3 amide bonds. The van der Waals surface area contributed by atoms with Gasteiger partial charge in [0.15, 0.2) is 0 Å². The third-order valence-corrected chi connectivity index (χ3v) is 5.98. The Hall–Kier alpha value is -3.64. The topological polar surface area (TPSA) is 78.5 Å². The fourth-order valence-corrected chi connectivity index (χ4v) is 4.07. The first kappa shape index (κ1) is 22.6. The lowest BCUT2D eigenvalue weighted by Gasteiger charge is -2.17. The van der Waals surface area contributed by atoms with E-state index in [1.807, 2.05) is 31.2 Å². The molecule has 0 spiro atoms. The molecule has 2 N–H and O–H groups in total. The molecule has 1 aliphatic heterocycles. The highest BCUT2D eigenvalue weighted by atomic mass is 35.5. The van der Waals surface area contributed by atoms with Crippen molar-refractivity contribution >= 4 is 40.7 Å². The summed E-state index contributed by atoms with van der Waals surface area (Å²) in [6, 6.07) is 21.7. The summed E-state index contributed by atoms with van der Waals surface area (Å²) >= 11 is 6.04. The van der Waals surface area contributed by atoms with Crippen molar-refractivity contribution in [2.24, 2.45) is 5.92 Å². The van der Waals surface area contributed by atoms with E-state index in [0.29, 0.717) is 28.5 Å². The van der Waals surface area contributed by atoms with E-state index in [-0.39, 0.29) is 30.7 Å². The van der Waals surface area contributed by atoms with E-state index in [1.54, 1.807) is 53.4 Å². The molecule has 1 saturated heterocycles. The molecule has 3 aromatic carbocycles. The standard InChI is InChI=1S/C26H24ClN3O3/c1-17-7-2-3-8-18(17)15-28-26(33)22-11-4-5-12-23(22)29-25(32)19-13-24(31)30(16-19)21-10-6-9-20(27)14-21/h2-12,14,19H,13,15-16H2,1H3,(H,28,33)(H,29,32)/t19-/m0/s1. The zero-order valence-electron chi connectivity index (χ0n) is 18.2. The normalized spacial score (nSPS) is 15.4. The molecule has 33 heavy (non-hydrogen) atoms. The quantitative estimate of drug-likeness (QED) is 0.564. The zero-order valence-corrected chi connectivity index (χ0v) is 18.9. The van der Waals surface area contributed by atoms with E-state index >= 15 is 0 Å². The average molecular weight is 462 g/mol. The van der Waals surface area contributed by atoms with Gasteiger partial charge in [-0.15, -0.1) is 0 Å². The number of halogens is 1. The summed E-state index contributed by atoms with van der Waals surface area (Å²) in [5.41, 5.74) is 3.57. The van der Waals surface area contributed by atoms with Crippen molar-refractivity contribution < 1.29 is 14.4 Å². The van der Waals surface area contributed by atoms with Gasteiger partial charge >= 0.3 is 0 Å². The highest BCUT2D eigenvalue weighted by molar-refractivity contribution is 6.31. The van der Waals surface area contributed by atoms with Crippen LogP contribution < -0.4 is 15.5 Å². The van der Waals surface area contributed by atoms with Crippen molar-refractivity contribution in [2.75, 3.05) is 16.8 Å². The summed E-state index contributed by atoms with van der Waals surface area (Å²) in [5, 5.41) is 6.28. The van der Waals surface area contributed by atoms with Crippen molar-refractivity contribution in [1.29, 1.82) is 0 Å². The van der Waals surface area contributed by atoms with Gasteiger partial charge in [-0.2, -0.15) is 0 Å². The molecule has 1 fully saturated rings. The summed E-state index contributed by atoms with van der Waals surface area (Å²) in [7, 11) is 0. The average Bonchev–Trinajstić information content (AvgIpc) is 3.20. The monoisotopic (exact) mass is 461 g/mol. The van der Waals surface area contributed by atoms with Gasteiger partial charge in [0.05, 0.1) is 17.2 Å². The molecule has 1 heterocycles. The fraction of sp³-hybridized carbons (Fsp3) is 0.192. The van der Waals surface area contributed by atoms with Crippen LogP contribution in [0, 0.1) is 12.8 Å². The number of hydrogen-bond acceptors (Lipinski definition) is 3. The maximum Gasteiger partial charge on any atom is 0.253 e. The van der Waals surface area contributed by atoms with Crippen molar-refractivity contribution in [3.8, 4) is 0 Å². The lowest BCUT2D eigenvalue weighted by atomic mass is 10.1. The van der Waals surface area contributed by atoms with Gasteiger partial charge in [-0.1, -0.05) is 54.1 Å². The van der Waals surface area contributed by atoms with Gasteiger partial charge in [0.2, 0.25) is 11.8 Å². The number of benzene rings is 3. The smallest absolute Gasteiger partial charge is 0.253 e. The minimum atomic E-state index is -0.528. The molecule has 0 saturated carbocycles. The molecule has 3 aromatic rings. The van der Waals surface area contributed by atoms with Crippen molar-refractivity contribution in [1.82, 2.24) is 5.32 Å². The van der Waals surface area contributed by atoms with E-state index < -0.39 is 5.92 Å². The molecular weight excluding hydrogens is 438 g/mol. The van der Waals surface area contributed by atoms with Gasteiger partial charge in [0, 0.05) is 30.2 Å². The number of aryl methyl sites for hydroxylation is 1. The summed E-state index contributed by atoms with van der Waals surface area (Å²) < 4.78 is 0. The van der Waals surface area contributed by atoms with Gasteiger partial charge in [0.25, 0.3) is 5.91 Å². The van der Waals surface area contributed by atoms with E-state index in [4.69, 9.17) is 11.6 Å². The number of para-hydroxylation sites is 1. The molecule has 0 aliphatic carbocycles. The van der Waals surface area contributed by atoms with Gasteiger partial charge < -0.3 is 15.5 Å². The Morgan fingerprint density at radius 3 is 2.58 bits per heavy atom. The Morgan fingerprint density at radius 2 is 1.79 bits per heavy atom. The maximum atomic E-state index is 13.0. The minimum absolute atomic E-state index is 0.0972. The maximum absolute atomic E-state index is 13.0. The number of carbonyl (C=O) groups excluding carboxylic acids is 3. The summed E-state index contributed by atoms with van der Waals surface area (Å²) in [5.74, 6) is -1.24. The number of hydrogen-bond donors (Lipinski definition) is 2. The van der Waals surface area contributed by atoms with Crippen LogP contribution in [0.15, 0.2) is 72.8 Å². The molecule has 1 aliphatic rings. The summed E-state index contributed by atoms with van der Waals surface area (Å²) in [4.78, 5) is 39.9. The van der Waals surface area contributed by atoms with E-state index in [0.717, 1.165) is 11.1 Å². The SMILES string of the molecule is Cc1ccccc1CNC(=O)c1ccccc1NC(=O)[C@H]1CC(=O)N(c2cccc(Cl)c2)C1. The molecule has 0 aromatic heterocycles. The number of nitrogens with zero attached hydrogens (tertiary/aromatic N) is 1. The van der Waals surface area contributed by atoms with Crippen molar-refractivity contribution in [3.05, 3.63) is 94.5 Å². The second kappa shape index (κ2) is 9.88. The van der Waals surface area contributed by atoms with Crippen LogP contribution in [0.25, 0.3) is 0 Å². The Bertz CT molecular complexity index is 1210. The first-order chi connectivity index (χ1) is 15.9. The predicted molar refractivity (Wildman–Crippen MR) is 129 cm³/mol. The van der Waals surface area contributed by atoms with Crippen LogP contribution in [0.1, 0.15) is 27.9 Å². The highest BCUT2D eigenvalue weighted by Gasteiger charge is 2.35. The molecule has 0 radical (unpaired) electrons. The lowest BCUT2D eigenvalue weighted by Crippen LogP contribution is -2.29. The second-order valence-corrected chi connectivity index (χ2v) is 8.47. The summed E-state index contributed by atoms with van der Waals surface area (Å²) in [6.45, 7) is 2.64. The molecule has 1 atom stereocenters. The second-order valence-electron chi connectivity index (χ2n) is 8.03. The highest BCUT2D eigenvalue weighted by Crippen LogP contribution is 2.28. The van der Waals surface area contributed by atoms with Crippen LogP contribution in [0.4, 0.5) is 11.4 Å². The third-order valence-electron chi connectivity index (χ3n) is 5.75. The number of nitrogens with one attached hydrogen (secondary N) is 2. The van der Waals surface area contributed by atoms with Gasteiger partial charge in [-0.05, 0) is 48.4 Å². The number of anilines is 2. The molecule has 4 rings (SSSR count). The van der Waals surface area contributed by atoms with E-state index in [1.165, 1.54) is 0 Å². The first-order valence-corrected chi connectivity index (χ1v) is 11.1. The van der Waals surface area contributed by atoms with Crippen molar-refractivity contribution in [2.45, 2.75) is 19.9 Å². The summed E-state index contributed by atoms with van der Waals surface area (Å²) in [6.07, 6.45) is 0.0972. The van der Waals surface area contributed by atoms with Crippen LogP contribution in [0.2, 0.25) is 5.02 Å². The minimum Gasteiger partial charge on any atom is -0.348 e. The van der Waals surface area contributed by atoms with E-state index in [2.05, 4.69) is 10.6 Å². The van der Waals surface area contributed by atoms with E-state index in [9.17, 15) is 14.4 Å². The lowest BCUT2D eigenvalue weighted by molar-refractivity contribution is -0.122. The van der Waals surface area contributed by atoms with Crippen molar-refractivity contribution in [3.63, 3.8) is 0 Å². The van der Waals surface area contributed by atoms with Crippen LogP contribution in [0.5, 0.6) is 0 Å². The van der Waals surface area contributed by atoms with Crippen LogP contribution in [0.3, 0.4) is 0 Å². The van der Waals surface area contributed by atoms with Gasteiger partial charge in [0.1, 0.15) is 0 Å².